The summed E-state index contributed by atoms with van der Waals surface area (Å²) >= 11 is 3.45. The lowest BCUT2D eigenvalue weighted by Gasteiger charge is -2.31. The SMILES string of the molecule is CC(C)CC1(Cn2c(N)nc3cc(Br)cnc32)CCCC1. The molecule has 0 saturated heterocycles. The Labute approximate surface area is 134 Å². The molecule has 4 nitrogen and oxygen atoms in total. The molecule has 1 aliphatic rings. The molecule has 0 atom stereocenters. The lowest BCUT2D eigenvalue weighted by molar-refractivity contribution is 0.200. The van der Waals surface area contributed by atoms with Crippen LogP contribution in [-0.4, -0.2) is 14.5 Å². The van der Waals surface area contributed by atoms with Gasteiger partial charge in [0.05, 0.1) is 0 Å². The molecule has 5 heteroatoms. The number of nitrogens with two attached hydrogens (primary N) is 1. The standard InChI is InChI=1S/C16H23BrN4/c1-11(2)8-16(5-3-4-6-16)10-21-14-13(20-15(21)18)7-12(17)9-19-14/h7,9,11H,3-6,8,10H2,1-2H3,(H2,18,20). The first-order valence-corrected chi connectivity index (χ1v) is 8.56. The third kappa shape index (κ3) is 2.93. The van der Waals surface area contributed by atoms with Crippen molar-refractivity contribution < 1.29 is 0 Å². The lowest BCUT2D eigenvalue weighted by atomic mass is 9.78. The monoisotopic (exact) mass is 350 g/mol. The molecule has 0 unspecified atom stereocenters. The molecular weight excluding hydrogens is 328 g/mol. The van der Waals surface area contributed by atoms with Crippen LogP contribution in [0.2, 0.25) is 0 Å². The summed E-state index contributed by atoms with van der Waals surface area (Å²) in [6.07, 6.45) is 8.32. The second kappa shape index (κ2) is 5.59. The molecule has 0 aromatic carbocycles. The molecule has 2 heterocycles. The van der Waals surface area contributed by atoms with Crippen LogP contribution in [0.5, 0.6) is 0 Å². The summed E-state index contributed by atoms with van der Waals surface area (Å²) in [5, 5.41) is 0. The highest BCUT2D eigenvalue weighted by Crippen LogP contribution is 2.45. The van der Waals surface area contributed by atoms with Gasteiger partial charge in [0.2, 0.25) is 5.95 Å². The molecule has 21 heavy (non-hydrogen) atoms. The Bertz CT molecular complexity index is 641. The molecule has 2 aromatic rings. The maximum Gasteiger partial charge on any atom is 0.202 e. The van der Waals surface area contributed by atoms with Gasteiger partial charge in [-0.3, -0.25) is 4.57 Å². The number of halogens is 1. The quantitative estimate of drug-likeness (QED) is 0.889. The molecule has 0 radical (unpaired) electrons. The van der Waals surface area contributed by atoms with Crippen molar-refractivity contribution in [1.82, 2.24) is 14.5 Å². The van der Waals surface area contributed by atoms with Crippen LogP contribution in [0.15, 0.2) is 16.7 Å². The molecule has 0 aliphatic heterocycles. The molecule has 0 spiro atoms. The van der Waals surface area contributed by atoms with Gasteiger partial charge in [0, 0.05) is 17.2 Å². The molecular formula is C16H23BrN4. The Balaban J connectivity index is 1.98. The van der Waals surface area contributed by atoms with Gasteiger partial charge in [-0.1, -0.05) is 26.7 Å². The van der Waals surface area contributed by atoms with Gasteiger partial charge >= 0.3 is 0 Å². The van der Waals surface area contributed by atoms with E-state index in [0.717, 1.165) is 22.2 Å². The molecule has 114 valence electrons. The van der Waals surface area contributed by atoms with Crippen molar-refractivity contribution in [1.29, 1.82) is 0 Å². The number of anilines is 1. The Hall–Kier alpha value is -1.10. The van der Waals surface area contributed by atoms with Gasteiger partial charge < -0.3 is 5.73 Å². The van der Waals surface area contributed by atoms with Crippen LogP contribution < -0.4 is 5.73 Å². The number of nitrogens with zero attached hydrogens (tertiary/aromatic N) is 3. The van der Waals surface area contributed by atoms with Gasteiger partial charge in [0.25, 0.3) is 0 Å². The summed E-state index contributed by atoms with van der Waals surface area (Å²) in [6.45, 7) is 5.57. The third-order valence-electron chi connectivity index (χ3n) is 4.58. The summed E-state index contributed by atoms with van der Waals surface area (Å²) in [5.74, 6) is 1.30. The summed E-state index contributed by atoms with van der Waals surface area (Å²) in [4.78, 5) is 9.00. The Morgan fingerprint density at radius 2 is 2.10 bits per heavy atom. The topological polar surface area (TPSA) is 56.7 Å². The van der Waals surface area contributed by atoms with Crippen LogP contribution in [0.3, 0.4) is 0 Å². The van der Waals surface area contributed by atoms with E-state index in [-0.39, 0.29) is 0 Å². The Kier molecular flexibility index (Phi) is 3.95. The Morgan fingerprint density at radius 1 is 1.38 bits per heavy atom. The fraction of sp³-hybridized carbons (Fsp3) is 0.625. The third-order valence-corrected chi connectivity index (χ3v) is 5.01. The molecule has 1 aliphatic carbocycles. The van der Waals surface area contributed by atoms with Crippen molar-refractivity contribution in [2.45, 2.75) is 52.5 Å². The molecule has 1 fully saturated rings. The maximum atomic E-state index is 6.17. The van der Waals surface area contributed by atoms with Crippen molar-refractivity contribution in [3.8, 4) is 0 Å². The minimum Gasteiger partial charge on any atom is -0.369 e. The summed E-state index contributed by atoms with van der Waals surface area (Å²) in [5.41, 5.74) is 8.32. The van der Waals surface area contributed by atoms with Crippen LogP contribution in [0, 0.1) is 11.3 Å². The molecule has 2 N–H and O–H groups in total. The largest absolute Gasteiger partial charge is 0.369 e. The molecule has 1 saturated carbocycles. The fourth-order valence-electron chi connectivity index (χ4n) is 3.91. The van der Waals surface area contributed by atoms with Crippen molar-refractivity contribution >= 4 is 33.0 Å². The summed E-state index contributed by atoms with van der Waals surface area (Å²) in [6, 6.07) is 1.99. The number of hydrogen-bond acceptors (Lipinski definition) is 3. The molecule has 3 rings (SSSR count). The highest BCUT2D eigenvalue weighted by molar-refractivity contribution is 9.10. The van der Waals surface area contributed by atoms with E-state index in [1.807, 2.05) is 12.3 Å². The predicted octanol–water partition coefficient (Wildman–Crippen LogP) is 4.38. The van der Waals surface area contributed by atoms with E-state index in [1.54, 1.807) is 0 Å². The summed E-state index contributed by atoms with van der Waals surface area (Å²) < 4.78 is 3.06. The minimum atomic E-state index is 0.366. The van der Waals surface area contributed by atoms with E-state index in [0.29, 0.717) is 17.3 Å². The smallest absolute Gasteiger partial charge is 0.202 e. The lowest BCUT2D eigenvalue weighted by Crippen LogP contribution is -2.26. The van der Waals surface area contributed by atoms with E-state index < -0.39 is 0 Å². The number of rotatable bonds is 4. The fourth-order valence-corrected chi connectivity index (χ4v) is 4.23. The Morgan fingerprint density at radius 3 is 2.76 bits per heavy atom. The highest BCUT2D eigenvalue weighted by atomic mass is 79.9. The van der Waals surface area contributed by atoms with Crippen LogP contribution in [0.4, 0.5) is 5.95 Å². The van der Waals surface area contributed by atoms with E-state index >= 15 is 0 Å². The second-order valence-corrected chi connectivity index (χ2v) is 7.77. The van der Waals surface area contributed by atoms with Gasteiger partial charge in [0.1, 0.15) is 5.52 Å². The van der Waals surface area contributed by atoms with Gasteiger partial charge in [-0.2, -0.15) is 0 Å². The molecule has 0 bridgehead atoms. The van der Waals surface area contributed by atoms with Crippen LogP contribution >= 0.6 is 15.9 Å². The number of nitrogen functional groups attached to an aromatic ring is 1. The highest BCUT2D eigenvalue weighted by Gasteiger charge is 2.35. The van der Waals surface area contributed by atoms with E-state index in [4.69, 9.17) is 5.73 Å². The zero-order valence-corrected chi connectivity index (χ0v) is 14.4. The number of hydrogen-bond donors (Lipinski definition) is 1. The van der Waals surface area contributed by atoms with Gasteiger partial charge in [-0.05, 0) is 52.6 Å². The number of aromatic nitrogens is 3. The second-order valence-electron chi connectivity index (χ2n) is 6.86. The van der Waals surface area contributed by atoms with Gasteiger partial charge in [-0.25, -0.2) is 9.97 Å². The zero-order valence-electron chi connectivity index (χ0n) is 12.8. The van der Waals surface area contributed by atoms with E-state index in [2.05, 4.69) is 44.3 Å². The maximum absolute atomic E-state index is 6.17. The predicted molar refractivity (Wildman–Crippen MR) is 90.0 cm³/mol. The minimum absolute atomic E-state index is 0.366. The summed E-state index contributed by atoms with van der Waals surface area (Å²) in [7, 11) is 0. The van der Waals surface area contributed by atoms with Crippen LogP contribution in [0.25, 0.3) is 11.2 Å². The van der Waals surface area contributed by atoms with Gasteiger partial charge in [0.15, 0.2) is 5.65 Å². The number of imidazole rings is 1. The number of fused-ring (bicyclic) bond motifs is 1. The van der Waals surface area contributed by atoms with E-state index in [9.17, 15) is 0 Å². The molecule has 0 amide bonds. The average Bonchev–Trinajstić information content (AvgIpc) is 2.95. The number of pyridine rings is 1. The van der Waals surface area contributed by atoms with Crippen LogP contribution in [-0.2, 0) is 6.54 Å². The first-order chi connectivity index (χ1) is 9.99. The van der Waals surface area contributed by atoms with Gasteiger partial charge in [-0.15, -0.1) is 0 Å². The van der Waals surface area contributed by atoms with E-state index in [1.165, 1.54) is 32.1 Å². The van der Waals surface area contributed by atoms with Crippen molar-refractivity contribution in [2.24, 2.45) is 11.3 Å². The zero-order chi connectivity index (χ0) is 15.0. The first-order valence-electron chi connectivity index (χ1n) is 7.76. The normalized spacial score (nSPS) is 17.9. The molecule has 2 aromatic heterocycles. The van der Waals surface area contributed by atoms with Crippen LogP contribution in [0.1, 0.15) is 46.0 Å². The average molecular weight is 351 g/mol. The van der Waals surface area contributed by atoms with Crippen molar-refractivity contribution in [2.75, 3.05) is 5.73 Å². The first kappa shape index (κ1) is 14.8. The van der Waals surface area contributed by atoms with Crippen molar-refractivity contribution in [3.05, 3.63) is 16.7 Å². The van der Waals surface area contributed by atoms with Crippen molar-refractivity contribution in [3.63, 3.8) is 0 Å².